The van der Waals surface area contributed by atoms with Gasteiger partial charge in [-0.05, 0) is 30.7 Å². The molecule has 0 aliphatic rings. The van der Waals surface area contributed by atoms with Gasteiger partial charge in [0.1, 0.15) is 10.7 Å². The third-order valence-corrected chi connectivity index (χ3v) is 3.56. The fourth-order valence-electron chi connectivity index (χ4n) is 1.85. The van der Waals surface area contributed by atoms with E-state index in [1.54, 1.807) is 0 Å². The van der Waals surface area contributed by atoms with Crippen LogP contribution in [-0.2, 0) is 6.54 Å². The monoisotopic (exact) mass is 305 g/mol. The molecule has 2 aromatic rings. The highest BCUT2D eigenvalue weighted by Gasteiger charge is 2.08. The normalized spacial score (nSPS) is 10.1. The summed E-state index contributed by atoms with van der Waals surface area (Å²) in [6.45, 7) is 3.17. The largest absolute Gasteiger partial charge is 0.493 e. The van der Waals surface area contributed by atoms with E-state index in [1.807, 2.05) is 55.5 Å². The van der Waals surface area contributed by atoms with Crippen LogP contribution in [0.15, 0.2) is 48.5 Å². The van der Waals surface area contributed by atoms with Crippen LogP contribution in [0.4, 0.5) is 0 Å². The van der Waals surface area contributed by atoms with E-state index < -0.39 is 0 Å². The molecular formula is C16H16ClNOS. The zero-order valence-corrected chi connectivity index (χ0v) is 12.8. The fourth-order valence-corrected chi connectivity index (χ4v) is 2.29. The van der Waals surface area contributed by atoms with E-state index in [0.29, 0.717) is 18.1 Å². The number of thiocarbonyl (C=S) groups is 1. The standard InChI is InChI=1S/C16H16ClNOS/c1-2-19-15-10-6-4-8-13(15)16(20)18-11-12-7-3-5-9-14(12)17/h3-10H,2,11H2,1H3,(H,18,20). The van der Waals surface area contributed by atoms with E-state index in [1.165, 1.54) is 0 Å². The van der Waals surface area contributed by atoms with Crippen molar-refractivity contribution in [1.29, 1.82) is 0 Å². The molecule has 0 spiro atoms. The van der Waals surface area contributed by atoms with Gasteiger partial charge in [0.05, 0.1) is 12.2 Å². The van der Waals surface area contributed by atoms with Crippen LogP contribution in [0, 0.1) is 0 Å². The minimum atomic E-state index is 0.596. The number of rotatable bonds is 5. The first-order valence-corrected chi connectivity index (χ1v) is 7.24. The Morgan fingerprint density at radius 1 is 1.15 bits per heavy atom. The van der Waals surface area contributed by atoms with Crippen LogP contribution in [0.5, 0.6) is 5.75 Å². The number of hydrogen-bond acceptors (Lipinski definition) is 2. The van der Waals surface area contributed by atoms with Crippen molar-refractivity contribution in [2.24, 2.45) is 0 Å². The number of nitrogens with one attached hydrogen (secondary N) is 1. The number of halogens is 1. The molecule has 0 unspecified atom stereocenters. The van der Waals surface area contributed by atoms with E-state index in [9.17, 15) is 0 Å². The zero-order chi connectivity index (χ0) is 14.4. The molecule has 2 nitrogen and oxygen atoms in total. The molecule has 0 aliphatic heterocycles. The Hall–Kier alpha value is -1.58. The lowest BCUT2D eigenvalue weighted by molar-refractivity contribution is 0.339. The zero-order valence-electron chi connectivity index (χ0n) is 11.2. The predicted molar refractivity (Wildman–Crippen MR) is 87.6 cm³/mol. The highest BCUT2D eigenvalue weighted by molar-refractivity contribution is 7.80. The molecule has 0 aromatic heterocycles. The Bertz CT molecular complexity index is 601. The molecule has 0 aliphatic carbocycles. The summed E-state index contributed by atoms with van der Waals surface area (Å²) in [4.78, 5) is 0.661. The van der Waals surface area contributed by atoms with Crippen LogP contribution in [0.3, 0.4) is 0 Å². The lowest BCUT2D eigenvalue weighted by atomic mass is 10.2. The van der Waals surface area contributed by atoms with E-state index in [4.69, 9.17) is 28.6 Å². The van der Waals surface area contributed by atoms with Crippen molar-refractivity contribution in [2.75, 3.05) is 6.61 Å². The first-order valence-electron chi connectivity index (χ1n) is 6.45. The molecule has 0 amide bonds. The molecule has 1 N–H and O–H groups in total. The van der Waals surface area contributed by atoms with Gasteiger partial charge in [0.15, 0.2) is 0 Å². The lowest BCUT2D eigenvalue weighted by Gasteiger charge is -2.13. The van der Waals surface area contributed by atoms with Gasteiger partial charge in [-0.1, -0.05) is 54.2 Å². The number of hydrogen-bond donors (Lipinski definition) is 1. The average molecular weight is 306 g/mol. The molecule has 104 valence electrons. The molecule has 2 aromatic carbocycles. The molecule has 0 bridgehead atoms. The van der Waals surface area contributed by atoms with Gasteiger partial charge in [0, 0.05) is 11.6 Å². The first kappa shape index (κ1) is 14.8. The smallest absolute Gasteiger partial charge is 0.129 e. The lowest BCUT2D eigenvalue weighted by Crippen LogP contribution is -2.22. The second-order valence-electron chi connectivity index (χ2n) is 4.20. The second-order valence-corrected chi connectivity index (χ2v) is 5.02. The average Bonchev–Trinajstić information content (AvgIpc) is 2.47. The molecule has 4 heteroatoms. The van der Waals surface area contributed by atoms with Gasteiger partial charge in [-0.15, -0.1) is 0 Å². The van der Waals surface area contributed by atoms with Gasteiger partial charge in [-0.25, -0.2) is 0 Å². The summed E-state index contributed by atoms with van der Waals surface area (Å²) in [7, 11) is 0. The fraction of sp³-hybridized carbons (Fsp3) is 0.188. The molecule has 20 heavy (non-hydrogen) atoms. The summed E-state index contributed by atoms with van der Waals surface area (Å²) in [6, 6.07) is 15.5. The molecule has 0 saturated carbocycles. The SMILES string of the molecule is CCOc1ccccc1C(=S)NCc1ccccc1Cl. The Morgan fingerprint density at radius 2 is 1.85 bits per heavy atom. The van der Waals surface area contributed by atoms with Gasteiger partial charge < -0.3 is 10.1 Å². The molecule has 0 atom stereocenters. The van der Waals surface area contributed by atoms with Crippen molar-refractivity contribution in [3.05, 3.63) is 64.7 Å². The minimum Gasteiger partial charge on any atom is -0.493 e. The minimum absolute atomic E-state index is 0.596. The van der Waals surface area contributed by atoms with Crippen LogP contribution in [0.1, 0.15) is 18.1 Å². The van der Waals surface area contributed by atoms with Gasteiger partial charge >= 0.3 is 0 Å². The van der Waals surface area contributed by atoms with Crippen LogP contribution in [-0.4, -0.2) is 11.6 Å². The quantitative estimate of drug-likeness (QED) is 0.836. The summed E-state index contributed by atoms with van der Waals surface area (Å²) in [5.74, 6) is 0.798. The predicted octanol–water partition coefficient (Wildman–Crippen LogP) is 4.20. The van der Waals surface area contributed by atoms with E-state index >= 15 is 0 Å². The highest BCUT2D eigenvalue weighted by atomic mass is 35.5. The van der Waals surface area contributed by atoms with Crippen LogP contribution >= 0.6 is 23.8 Å². The Balaban J connectivity index is 2.07. The number of benzene rings is 2. The highest BCUT2D eigenvalue weighted by Crippen LogP contribution is 2.19. The van der Waals surface area contributed by atoms with Crippen molar-refractivity contribution in [2.45, 2.75) is 13.5 Å². The van der Waals surface area contributed by atoms with Gasteiger partial charge in [0.2, 0.25) is 0 Å². The summed E-state index contributed by atoms with van der Waals surface area (Å²) in [5.41, 5.74) is 1.92. The third-order valence-electron chi connectivity index (χ3n) is 2.83. The maximum Gasteiger partial charge on any atom is 0.129 e. The maximum absolute atomic E-state index is 6.13. The van der Waals surface area contributed by atoms with Gasteiger partial charge in [-0.2, -0.15) is 0 Å². The topological polar surface area (TPSA) is 21.3 Å². The summed E-state index contributed by atoms with van der Waals surface area (Å²) in [5, 5.41) is 3.96. The Kier molecular flexibility index (Phi) is 5.39. The summed E-state index contributed by atoms with van der Waals surface area (Å²) >= 11 is 11.6. The summed E-state index contributed by atoms with van der Waals surface area (Å²) in [6.07, 6.45) is 0. The molecule has 0 radical (unpaired) electrons. The third kappa shape index (κ3) is 3.71. The molecule has 2 rings (SSSR count). The van der Waals surface area contributed by atoms with Crippen molar-refractivity contribution in [1.82, 2.24) is 5.32 Å². The summed E-state index contributed by atoms with van der Waals surface area (Å²) < 4.78 is 5.58. The van der Waals surface area contributed by atoms with Gasteiger partial charge in [-0.3, -0.25) is 0 Å². The Labute approximate surface area is 129 Å². The van der Waals surface area contributed by atoms with Crippen molar-refractivity contribution in [3.8, 4) is 5.75 Å². The van der Waals surface area contributed by atoms with E-state index in [2.05, 4.69) is 5.32 Å². The number of ether oxygens (including phenoxy) is 1. The van der Waals surface area contributed by atoms with Crippen molar-refractivity contribution in [3.63, 3.8) is 0 Å². The maximum atomic E-state index is 6.13. The molecular weight excluding hydrogens is 290 g/mol. The van der Waals surface area contributed by atoms with Crippen molar-refractivity contribution < 1.29 is 4.74 Å². The van der Waals surface area contributed by atoms with Crippen LogP contribution < -0.4 is 10.1 Å². The first-order chi connectivity index (χ1) is 9.72. The molecule has 0 fully saturated rings. The van der Waals surface area contributed by atoms with E-state index in [-0.39, 0.29) is 0 Å². The van der Waals surface area contributed by atoms with Crippen LogP contribution in [0.25, 0.3) is 0 Å². The van der Waals surface area contributed by atoms with Crippen LogP contribution in [0.2, 0.25) is 5.02 Å². The Morgan fingerprint density at radius 3 is 2.60 bits per heavy atom. The molecule has 0 saturated heterocycles. The second kappa shape index (κ2) is 7.27. The number of para-hydroxylation sites is 1. The van der Waals surface area contributed by atoms with E-state index in [0.717, 1.165) is 21.9 Å². The molecule has 0 heterocycles. The van der Waals surface area contributed by atoms with Gasteiger partial charge in [0.25, 0.3) is 0 Å². The van der Waals surface area contributed by atoms with Crippen molar-refractivity contribution >= 4 is 28.8 Å².